The molecule has 0 aromatic heterocycles. The van der Waals surface area contributed by atoms with Crippen LogP contribution in [0.1, 0.15) is 27.2 Å². The minimum absolute atomic E-state index is 0.0262. The molecule has 0 bridgehead atoms. The van der Waals surface area contributed by atoms with Gasteiger partial charge in [0, 0.05) is 0 Å². The number of amides is 1. The summed E-state index contributed by atoms with van der Waals surface area (Å²) in [7, 11) is 0. The van der Waals surface area contributed by atoms with E-state index in [1.807, 2.05) is 0 Å². The van der Waals surface area contributed by atoms with Gasteiger partial charge in [-0.25, -0.2) is 0 Å². The van der Waals surface area contributed by atoms with Crippen LogP contribution in [-0.4, -0.2) is 18.7 Å². The number of hydrogen-bond donors (Lipinski definition) is 1. The van der Waals surface area contributed by atoms with Crippen molar-refractivity contribution in [3.8, 4) is 0 Å². The molecule has 1 aliphatic rings. The lowest BCUT2D eigenvalue weighted by atomic mass is 9.98. The quantitative estimate of drug-likeness (QED) is 0.605. The fraction of sp³-hybridized carbons (Fsp3) is 0.875. The summed E-state index contributed by atoms with van der Waals surface area (Å²) in [6.45, 7) is 7.01. The number of ether oxygens (including phenoxy) is 1. The standard InChI is InChI=1S/C8H15NO2/c1-8(2,3)5-11-7-4-6(10)9-7/h7H,4-5H2,1-3H3,(H,9,10)/t7-/m1/s1. The Bertz CT molecular complexity index is 152. The van der Waals surface area contributed by atoms with Gasteiger partial charge in [-0.3, -0.25) is 4.79 Å². The van der Waals surface area contributed by atoms with Crippen LogP contribution in [0.2, 0.25) is 0 Å². The molecule has 0 unspecified atom stereocenters. The van der Waals surface area contributed by atoms with Crippen molar-refractivity contribution in [1.29, 1.82) is 0 Å². The molecule has 0 aromatic carbocycles. The van der Waals surface area contributed by atoms with Crippen molar-refractivity contribution in [3.63, 3.8) is 0 Å². The summed E-state index contributed by atoms with van der Waals surface area (Å²) in [5.41, 5.74) is 0.181. The number of carbonyl (C=O) groups is 1. The topological polar surface area (TPSA) is 38.3 Å². The van der Waals surface area contributed by atoms with E-state index in [0.717, 1.165) is 0 Å². The Kier molecular flexibility index (Phi) is 2.18. The molecule has 0 spiro atoms. The van der Waals surface area contributed by atoms with Gasteiger partial charge in [0.25, 0.3) is 0 Å². The third kappa shape index (κ3) is 2.89. The third-order valence-electron chi connectivity index (χ3n) is 1.41. The number of nitrogens with one attached hydrogen (secondary N) is 1. The second-order valence-electron chi connectivity index (χ2n) is 4.13. The summed E-state index contributed by atoms with van der Waals surface area (Å²) >= 11 is 0. The first-order valence-electron chi connectivity index (χ1n) is 3.88. The Labute approximate surface area is 67.1 Å². The highest BCUT2D eigenvalue weighted by Crippen LogP contribution is 2.16. The molecule has 1 heterocycles. The molecule has 1 N–H and O–H groups in total. The van der Waals surface area contributed by atoms with E-state index in [-0.39, 0.29) is 17.6 Å². The molecule has 1 atom stereocenters. The van der Waals surface area contributed by atoms with Crippen LogP contribution < -0.4 is 5.32 Å². The smallest absolute Gasteiger partial charge is 0.226 e. The van der Waals surface area contributed by atoms with Crippen LogP contribution in [0.15, 0.2) is 0 Å². The van der Waals surface area contributed by atoms with Gasteiger partial charge in [0.2, 0.25) is 5.91 Å². The van der Waals surface area contributed by atoms with Gasteiger partial charge in [0.1, 0.15) is 6.23 Å². The number of rotatable bonds is 2. The van der Waals surface area contributed by atoms with Crippen LogP contribution in [0.4, 0.5) is 0 Å². The highest BCUT2D eigenvalue weighted by Gasteiger charge is 2.27. The molecule has 1 amide bonds. The van der Waals surface area contributed by atoms with Crippen LogP contribution in [0.3, 0.4) is 0 Å². The molecule has 1 fully saturated rings. The second-order valence-corrected chi connectivity index (χ2v) is 4.13. The first kappa shape index (κ1) is 8.53. The number of hydrogen-bond acceptors (Lipinski definition) is 2. The highest BCUT2D eigenvalue weighted by molar-refractivity contribution is 5.82. The number of β-lactam (4-membered cyclic amide) rings is 1. The molecule has 64 valence electrons. The average molecular weight is 157 g/mol. The molecule has 11 heavy (non-hydrogen) atoms. The van der Waals surface area contributed by atoms with Crippen molar-refractivity contribution in [2.75, 3.05) is 6.61 Å². The lowest BCUT2D eigenvalue weighted by molar-refractivity contribution is -0.143. The first-order chi connectivity index (χ1) is 4.97. The van der Waals surface area contributed by atoms with Crippen LogP contribution in [0, 0.1) is 5.41 Å². The van der Waals surface area contributed by atoms with Crippen molar-refractivity contribution in [2.45, 2.75) is 33.4 Å². The molecule has 0 aromatic rings. The van der Waals surface area contributed by atoms with E-state index in [2.05, 4.69) is 26.1 Å². The summed E-state index contributed by atoms with van der Waals surface area (Å²) in [5, 5.41) is 2.65. The monoisotopic (exact) mass is 157 g/mol. The Morgan fingerprint density at radius 1 is 1.64 bits per heavy atom. The van der Waals surface area contributed by atoms with Crippen LogP contribution in [0.5, 0.6) is 0 Å². The summed E-state index contributed by atoms with van der Waals surface area (Å²) in [5.74, 6) is 0.0870. The lowest BCUT2D eigenvalue weighted by Gasteiger charge is -2.30. The normalized spacial score (nSPS) is 24.3. The highest BCUT2D eigenvalue weighted by atomic mass is 16.5. The van der Waals surface area contributed by atoms with E-state index in [0.29, 0.717) is 13.0 Å². The molecule has 1 saturated heterocycles. The molecule has 3 heteroatoms. The molecule has 0 radical (unpaired) electrons. The van der Waals surface area contributed by atoms with Crippen molar-refractivity contribution in [1.82, 2.24) is 5.32 Å². The van der Waals surface area contributed by atoms with Gasteiger partial charge in [-0.15, -0.1) is 0 Å². The van der Waals surface area contributed by atoms with E-state index in [1.165, 1.54) is 0 Å². The van der Waals surface area contributed by atoms with Gasteiger partial charge in [0.15, 0.2) is 0 Å². The van der Waals surface area contributed by atoms with Crippen LogP contribution in [0.25, 0.3) is 0 Å². The van der Waals surface area contributed by atoms with Crippen LogP contribution in [-0.2, 0) is 9.53 Å². The third-order valence-corrected chi connectivity index (χ3v) is 1.41. The Hall–Kier alpha value is -0.570. The molecule has 3 nitrogen and oxygen atoms in total. The zero-order valence-electron chi connectivity index (χ0n) is 7.31. The average Bonchev–Trinajstić information content (AvgIpc) is 1.75. The zero-order valence-corrected chi connectivity index (χ0v) is 7.31. The van der Waals surface area contributed by atoms with E-state index in [9.17, 15) is 4.79 Å². The maximum Gasteiger partial charge on any atom is 0.226 e. The Morgan fingerprint density at radius 2 is 2.18 bits per heavy atom. The van der Waals surface area contributed by atoms with E-state index < -0.39 is 0 Å². The fourth-order valence-electron chi connectivity index (χ4n) is 0.778. The second kappa shape index (κ2) is 2.81. The molecular formula is C8H15NO2. The van der Waals surface area contributed by atoms with Crippen molar-refractivity contribution in [3.05, 3.63) is 0 Å². The summed E-state index contributed by atoms with van der Waals surface area (Å²) in [6.07, 6.45) is 0.498. The minimum Gasteiger partial charge on any atom is -0.357 e. The SMILES string of the molecule is CC(C)(C)CO[C@@H]1CC(=O)N1. The van der Waals surface area contributed by atoms with Gasteiger partial charge in [-0.05, 0) is 5.41 Å². The Balaban J connectivity index is 2.10. The van der Waals surface area contributed by atoms with Gasteiger partial charge < -0.3 is 10.1 Å². The van der Waals surface area contributed by atoms with Gasteiger partial charge >= 0.3 is 0 Å². The van der Waals surface area contributed by atoms with Crippen LogP contribution >= 0.6 is 0 Å². The number of carbonyl (C=O) groups excluding carboxylic acids is 1. The molecule has 0 aliphatic carbocycles. The summed E-state index contributed by atoms with van der Waals surface area (Å²) < 4.78 is 5.38. The van der Waals surface area contributed by atoms with Gasteiger partial charge in [-0.2, -0.15) is 0 Å². The molecule has 1 aliphatic heterocycles. The Morgan fingerprint density at radius 3 is 2.55 bits per heavy atom. The largest absolute Gasteiger partial charge is 0.357 e. The lowest BCUT2D eigenvalue weighted by Crippen LogP contribution is -2.50. The van der Waals surface area contributed by atoms with E-state index in [4.69, 9.17) is 4.74 Å². The van der Waals surface area contributed by atoms with Gasteiger partial charge in [-0.1, -0.05) is 20.8 Å². The fourth-order valence-corrected chi connectivity index (χ4v) is 0.778. The molecule has 0 saturated carbocycles. The van der Waals surface area contributed by atoms with Crippen molar-refractivity contribution < 1.29 is 9.53 Å². The maximum absolute atomic E-state index is 10.4. The molecule has 1 rings (SSSR count). The molecular weight excluding hydrogens is 142 g/mol. The van der Waals surface area contributed by atoms with Crippen molar-refractivity contribution in [2.24, 2.45) is 5.41 Å². The predicted molar refractivity (Wildman–Crippen MR) is 42.0 cm³/mol. The van der Waals surface area contributed by atoms with E-state index >= 15 is 0 Å². The zero-order chi connectivity index (χ0) is 8.48. The van der Waals surface area contributed by atoms with Crippen molar-refractivity contribution >= 4 is 5.91 Å². The summed E-state index contributed by atoms with van der Waals surface area (Å²) in [6, 6.07) is 0. The predicted octanol–water partition coefficient (Wildman–Crippen LogP) is 0.895. The summed E-state index contributed by atoms with van der Waals surface area (Å²) in [4.78, 5) is 10.4. The van der Waals surface area contributed by atoms with Gasteiger partial charge in [0.05, 0.1) is 13.0 Å². The maximum atomic E-state index is 10.4. The first-order valence-corrected chi connectivity index (χ1v) is 3.88. The minimum atomic E-state index is -0.0262. The van der Waals surface area contributed by atoms with E-state index in [1.54, 1.807) is 0 Å².